The van der Waals surface area contributed by atoms with Crippen LogP contribution in [0.4, 0.5) is 16.2 Å². The zero-order chi connectivity index (χ0) is 20.9. The molecular formula is C26H18BrN2OS+. The van der Waals surface area contributed by atoms with E-state index in [2.05, 4.69) is 70.6 Å². The highest BCUT2D eigenvalue weighted by Gasteiger charge is 2.48. The number of anilines is 1. The number of hydrogen-bond acceptors (Lipinski definition) is 2. The van der Waals surface area contributed by atoms with Gasteiger partial charge in [0, 0.05) is 10.0 Å². The second-order valence-electron chi connectivity index (χ2n) is 7.71. The molecule has 0 fully saturated rings. The van der Waals surface area contributed by atoms with Crippen LogP contribution < -0.4 is 4.90 Å². The minimum absolute atomic E-state index is 0.0155. The van der Waals surface area contributed by atoms with Crippen LogP contribution in [0, 0.1) is 0 Å². The van der Waals surface area contributed by atoms with Crippen molar-refractivity contribution in [2.24, 2.45) is 0 Å². The maximum Gasteiger partial charge on any atom is 0.504 e. The number of halogens is 1. The first-order valence-electron chi connectivity index (χ1n) is 10.2. The number of thioether (sulfide) groups is 1. The summed E-state index contributed by atoms with van der Waals surface area (Å²) in [5.41, 5.74) is 6.44. The summed E-state index contributed by atoms with van der Waals surface area (Å²) in [7, 11) is 0. The van der Waals surface area contributed by atoms with Gasteiger partial charge in [-0.25, -0.2) is 0 Å². The van der Waals surface area contributed by atoms with E-state index >= 15 is 0 Å². The number of carbonyl (C=O) groups is 1. The summed E-state index contributed by atoms with van der Waals surface area (Å²) in [5, 5.41) is 0.175. The lowest BCUT2D eigenvalue weighted by atomic mass is 10.0. The SMILES string of the molecule is O=C1N(Cc2ccc(-c3ccccc3)cc2Br)c2cccc3c2[N+]1=C1C=CC=CC1S3. The van der Waals surface area contributed by atoms with Gasteiger partial charge in [-0.3, -0.25) is 0 Å². The van der Waals surface area contributed by atoms with E-state index in [4.69, 9.17) is 0 Å². The van der Waals surface area contributed by atoms with Crippen LogP contribution in [-0.2, 0) is 6.54 Å². The fourth-order valence-corrected chi connectivity index (χ4v) is 6.08. The number of carbonyl (C=O) groups excluding carboxylic acids is 1. The zero-order valence-electron chi connectivity index (χ0n) is 16.5. The number of nitrogens with zero attached hydrogens (tertiary/aromatic N) is 2. The van der Waals surface area contributed by atoms with Gasteiger partial charge in [-0.05, 0) is 35.4 Å². The Morgan fingerprint density at radius 3 is 2.68 bits per heavy atom. The highest BCUT2D eigenvalue weighted by molar-refractivity contribution is 9.10. The molecule has 0 saturated heterocycles. The van der Waals surface area contributed by atoms with Crippen molar-refractivity contribution in [2.45, 2.75) is 16.7 Å². The fourth-order valence-electron chi connectivity index (χ4n) is 4.37. The van der Waals surface area contributed by atoms with Crippen LogP contribution in [0.3, 0.4) is 0 Å². The minimum Gasteiger partial charge on any atom is -0.196 e. The number of rotatable bonds is 3. The summed E-state index contributed by atoms with van der Waals surface area (Å²) < 4.78 is 2.91. The van der Waals surface area contributed by atoms with Gasteiger partial charge in [-0.15, -0.1) is 11.8 Å². The molecular weight excluding hydrogens is 468 g/mol. The van der Waals surface area contributed by atoms with Gasteiger partial charge in [-0.2, -0.15) is 14.3 Å². The zero-order valence-corrected chi connectivity index (χ0v) is 18.9. The second kappa shape index (κ2) is 7.36. The smallest absolute Gasteiger partial charge is 0.196 e. The van der Waals surface area contributed by atoms with Gasteiger partial charge in [0.15, 0.2) is 11.4 Å². The van der Waals surface area contributed by atoms with Gasteiger partial charge < -0.3 is 0 Å². The van der Waals surface area contributed by atoms with Gasteiger partial charge in [0.2, 0.25) is 0 Å². The van der Waals surface area contributed by atoms with Crippen LogP contribution in [0.15, 0.2) is 100 Å². The van der Waals surface area contributed by atoms with E-state index in [-0.39, 0.29) is 11.3 Å². The molecule has 2 aliphatic heterocycles. The molecule has 3 nitrogen and oxygen atoms in total. The van der Waals surface area contributed by atoms with E-state index in [9.17, 15) is 4.79 Å². The maximum absolute atomic E-state index is 13.6. The van der Waals surface area contributed by atoms with Crippen molar-refractivity contribution < 1.29 is 9.37 Å². The molecule has 3 aromatic rings. The molecule has 2 heterocycles. The lowest BCUT2D eigenvalue weighted by Gasteiger charge is -2.21. The number of para-hydroxylation sites is 1. The maximum atomic E-state index is 13.6. The summed E-state index contributed by atoms with van der Waals surface area (Å²) >= 11 is 5.55. The quantitative estimate of drug-likeness (QED) is 0.375. The first-order chi connectivity index (χ1) is 15.2. The second-order valence-corrected chi connectivity index (χ2v) is 9.75. The number of fused-ring (bicyclic) bond motifs is 1. The van der Waals surface area contributed by atoms with Gasteiger partial charge >= 0.3 is 6.03 Å². The molecule has 3 aliphatic rings. The van der Waals surface area contributed by atoms with Crippen molar-refractivity contribution in [3.05, 3.63) is 101 Å². The first-order valence-corrected chi connectivity index (χ1v) is 11.8. The number of benzene rings is 3. The van der Waals surface area contributed by atoms with Crippen LogP contribution in [0.5, 0.6) is 0 Å². The molecule has 1 atom stereocenters. The number of urea groups is 1. The van der Waals surface area contributed by atoms with Crippen molar-refractivity contribution in [3.63, 3.8) is 0 Å². The number of allylic oxidation sites excluding steroid dienone is 3. The summed E-state index contributed by atoms with van der Waals surface area (Å²) in [6.45, 7) is 0.517. The molecule has 1 aliphatic carbocycles. The van der Waals surface area contributed by atoms with Gasteiger partial charge in [-0.1, -0.05) is 82.7 Å². The Balaban J connectivity index is 1.40. The summed E-state index contributed by atoms with van der Waals surface area (Å²) in [5.74, 6) is 0. The van der Waals surface area contributed by atoms with Crippen molar-refractivity contribution in [1.29, 1.82) is 0 Å². The topological polar surface area (TPSA) is 23.3 Å². The Labute approximate surface area is 193 Å². The highest BCUT2D eigenvalue weighted by Crippen LogP contribution is 2.49. The number of hydrogen-bond donors (Lipinski definition) is 0. The van der Waals surface area contributed by atoms with Crippen molar-refractivity contribution in [1.82, 2.24) is 0 Å². The summed E-state index contributed by atoms with van der Waals surface area (Å²) in [4.78, 5) is 16.6. The van der Waals surface area contributed by atoms with Crippen LogP contribution in [0.1, 0.15) is 5.56 Å². The largest absolute Gasteiger partial charge is 0.504 e. The molecule has 0 radical (unpaired) electrons. The van der Waals surface area contributed by atoms with Crippen LogP contribution >= 0.6 is 27.7 Å². The molecule has 5 heteroatoms. The molecule has 2 amide bonds. The van der Waals surface area contributed by atoms with E-state index in [0.29, 0.717) is 6.54 Å². The molecule has 150 valence electrons. The van der Waals surface area contributed by atoms with E-state index in [1.165, 1.54) is 5.56 Å². The Morgan fingerprint density at radius 1 is 0.968 bits per heavy atom. The van der Waals surface area contributed by atoms with E-state index in [1.807, 2.05) is 57.6 Å². The standard InChI is InChI=1S/C26H18BrN2OS/c27-20-15-18(17-7-2-1-3-8-17)13-14-19(20)16-28-22-10-6-12-24-25(22)29(26(28)30)21-9-4-5-11-23(21)31-24/h1-15,23H,16H2/q+1. The molecule has 31 heavy (non-hydrogen) atoms. The van der Waals surface area contributed by atoms with E-state index in [0.717, 1.165) is 37.6 Å². The van der Waals surface area contributed by atoms with Crippen LogP contribution in [0.25, 0.3) is 11.1 Å². The van der Waals surface area contributed by atoms with Crippen molar-refractivity contribution in [2.75, 3.05) is 4.90 Å². The first kappa shape index (κ1) is 18.8. The molecule has 0 spiro atoms. The summed E-state index contributed by atoms with van der Waals surface area (Å²) in [6, 6.07) is 22.9. The Morgan fingerprint density at radius 2 is 1.84 bits per heavy atom. The lowest BCUT2D eigenvalue weighted by molar-refractivity contribution is -0.326. The van der Waals surface area contributed by atoms with Crippen molar-refractivity contribution in [3.8, 4) is 11.1 Å². The third-order valence-electron chi connectivity index (χ3n) is 5.87. The van der Waals surface area contributed by atoms with Crippen molar-refractivity contribution >= 4 is 50.8 Å². The monoisotopic (exact) mass is 485 g/mol. The highest BCUT2D eigenvalue weighted by atomic mass is 79.9. The van der Waals surface area contributed by atoms with Crippen LogP contribution in [0.2, 0.25) is 0 Å². The average molecular weight is 486 g/mol. The average Bonchev–Trinajstić information content (AvgIpc) is 3.09. The molecule has 3 aromatic carbocycles. The molecule has 0 aromatic heterocycles. The molecule has 0 N–H and O–H groups in total. The molecule has 6 rings (SSSR count). The Hall–Kier alpha value is -2.89. The Bertz CT molecular complexity index is 1330. The predicted molar refractivity (Wildman–Crippen MR) is 130 cm³/mol. The molecule has 0 bridgehead atoms. The van der Waals surface area contributed by atoms with Gasteiger partial charge in [0.1, 0.15) is 12.3 Å². The van der Waals surface area contributed by atoms with Gasteiger partial charge in [0.25, 0.3) is 0 Å². The third kappa shape index (κ3) is 3.03. The fraction of sp³-hybridized carbons (Fsp3) is 0.0769. The summed E-state index contributed by atoms with van der Waals surface area (Å²) in [6.07, 6.45) is 8.28. The van der Waals surface area contributed by atoms with E-state index < -0.39 is 0 Å². The third-order valence-corrected chi connectivity index (χ3v) is 7.84. The molecule has 0 saturated carbocycles. The normalized spacial score (nSPS) is 18.4. The molecule has 1 unspecified atom stereocenters. The minimum atomic E-state index is 0.0155. The van der Waals surface area contributed by atoms with Crippen LogP contribution in [-0.4, -0.2) is 21.6 Å². The lowest BCUT2D eigenvalue weighted by Crippen LogP contribution is -2.35. The number of amides is 2. The van der Waals surface area contributed by atoms with E-state index in [1.54, 1.807) is 0 Å². The predicted octanol–water partition coefficient (Wildman–Crippen LogP) is 6.94. The van der Waals surface area contributed by atoms with Gasteiger partial charge in [0.05, 0.1) is 10.1 Å². The Kier molecular flexibility index (Phi) is 4.47.